The van der Waals surface area contributed by atoms with Crippen molar-refractivity contribution in [3.8, 4) is 0 Å². The maximum atomic E-state index is 14.0. The van der Waals surface area contributed by atoms with Crippen molar-refractivity contribution in [3.05, 3.63) is 99.8 Å². The maximum absolute atomic E-state index is 14.0. The van der Waals surface area contributed by atoms with Crippen LogP contribution in [-0.2, 0) is 20.4 Å². The molecule has 0 bridgehead atoms. The second-order valence-electron chi connectivity index (χ2n) is 10.2. The first-order valence-electron chi connectivity index (χ1n) is 11.9. The molecule has 0 aliphatic carbocycles. The highest BCUT2D eigenvalue weighted by molar-refractivity contribution is 6.31. The van der Waals surface area contributed by atoms with Gasteiger partial charge in [-0.25, -0.2) is 4.79 Å². The molecule has 0 saturated heterocycles. The van der Waals surface area contributed by atoms with Crippen LogP contribution in [0.1, 0.15) is 71.1 Å². The zero-order valence-electron chi connectivity index (χ0n) is 21.4. The molecule has 1 unspecified atom stereocenters. The van der Waals surface area contributed by atoms with Crippen LogP contribution in [0.4, 0.5) is 5.69 Å². The molecule has 1 aliphatic heterocycles. The number of carbonyl (C=O) groups excluding carboxylic acids is 1. The molecule has 2 aromatic rings. The first kappa shape index (κ1) is 26.5. The van der Waals surface area contributed by atoms with E-state index in [1.54, 1.807) is 36.1 Å². The van der Waals surface area contributed by atoms with Gasteiger partial charge in [0.15, 0.2) is 0 Å². The highest BCUT2D eigenvalue weighted by Crippen LogP contribution is 2.48. The van der Waals surface area contributed by atoms with E-state index in [-0.39, 0.29) is 16.9 Å². The van der Waals surface area contributed by atoms with Crippen LogP contribution < -0.4 is 4.90 Å². The van der Waals surface area contributed by atoms with E-state index in [9.17, 15) is 14.7 Å². The predicted molar refractivity (Wildman–Crippen MR) is 144 cm³/mol. The lowest BCUT2D eigenvalue weighted by Gasteiger charge is -2.27. The molecule has 1 amide bonds. The number of allylic oxidation sites excluding steroid dienone is 4. The zero-order valence-corrected chi connectivity index (χ0v) is 22.1. The van der Waals surface area contributed by atoms with Crippen LogP contribution in [0.3, 0.4) is 0 Å². The van der Waals surface area contributed by atoms with Crippen molar-refractivity contribution in [2.45, 2.75) is 65.2 Å². The van der Waals surface area contributed by atoms with Crippen LogP contribution in [0.5, 0.6) is 0 Å². The molecule has 0 aromatic heterocycles. The van der Waals surface area contributed by atoms with Crippen LogP contribution in [-0.4, -0.2) is 17.0 Å². The van der Waals surface area contributed by atoms with Crippen molar-refractivity contribution < 1.29 is 14.7 Å². The summed E-state index contributed by atoms with van der Waals surface area (Å²) in [5.74, 6) is -1.19. The number of carboxylic acid groups (broad SMARTS) is 1. The summed E-state index contributed by atoms with van der Waals surface area (Å²) in [5, 5.41) is 10.3. The Bertz CT molecular complexity index is 1220. The van der Waals surface area contributed by atoms with Gasteiger partial charge in [-0.1, -0.05) is 82.1 Å². The summed E-state index contributed by atoms with van der Waals surface area (Å²) in [4.78, 5) is 27.5. The van der Waals surface area contributed by atoms with Crippen LogP contribution in [0, 0.1) is 0 Å². The van der Waals surface area contributed by atoms with E-state index in [4.69, 9.17) is 11.6 Å². The number of carbonyl (C=O) groups is 2. The number of hydrogen-bond acceptors (Lipinski definition) is 2. The lowest BCUT2D eigenvalue weighted by Crippen LogP contribution is -2.38. The Morgan fingerprint density at radius 3 is 2.37 bits per heavy atom. The Morgan fingerprint density at radius 1 is 1.14 bits per heavy atom. The van der Waals surface area contributed by atoms with Crippen molar-refractivity contribution in [3.63, 3.8) is 0 Å². The average Bonchev–Trinajstić information content (AvgIpc) is 3.02. The molecule has 184 valence electrons. The second-order valence-corrected chi connectivity index (χ2v) is 10.6. The highest BCUT2D eigenvalue weighted by atomic mass is 35.5. The monoisotopic (exact) mass is 491 g/mol. The second kappa shape index (κ2) is 10.2. The molecule has 1 N–H and O–H groups in total. The quantitative estimate of drug-likeness (QED) is 0.321. The van der Waals surface area contributed by atoms with E-state index in [0.29, 0.717) is 16.4 Å². The Labute approximate surface area is 213 Å². The van der Waals surface area contributed by atoms with E-state index >= 15 is 0 Å². The third-order valence-corrected chi connectivity index (χ3v) is 6.76. The van der Waals surface area contributed by atoms with Crippen molar-refractivity contribution in [1.82, 2.24) is 0 Å². The van der Waals surface area contributed by atoms with Crippen LogP contribution in [0.2, 0.25) is 5.02 Å². The fraction of sp³-hybridized carbons (Fsp3) is 0.333. The van der Waals surface area contributed by atoms with Gasteiger partial charge in [0, 0.05) is 10.7 Å². The number of aliphatic carboxylic acids is 1. The number of fused-ring (bicyclic) bond motifs is 1. The van der Waals surface area contributed by atoms with Crippen molar-refractivity contribution in [1.29, 1.82) is 0 Å². The number of carboxylic acids is 1. The van der Waals surface area contributed by atoms with Crippen molar-refractivity contribution in [2.24, 2.45) is 0 Å². The Morgan fingerprint density at radius 2 is 1.80 bits per heavy atom. The first-order valence-corrected chi connectivity index (χ1v) is 12.3. The number of anilines is 1. The van der Waals surface area contributed by atoms with Gasteiger partial charge in [0.25, 0.3) is 0 Å². The molecule has 0 fully saturated rings. The minimum Gasteiger partial charge on any atom is -0.478 e. The minimum absolute atomic E-state index is 0.00314. The number of hydrogen-bond donors (Lipinski definition) is 1. The smallest absolute Gasteiger partial charge is 0.335 e. The molecule has 4 nitrogen and oxygen atoms in total. The van der Waals surface area contributed by atoms with Gasteiger partial charge in [-0.05, 0) is 72.7 Å². The predicted octanol–water partition coefficient (Wildman–Crippen LogP) is 7.56. The van der Waals surface area contributed by atoms with Crippen LogP contribution in [0.25, 0.3) is 0 Å². The Balaban J connectivity index is 2.11. The van der Waals surface area contributed by atoms with E-state index in [0.717, 1.165) is 24.0 Å². The average molecular weight is 492 g/mol. The molecule has 0 spiro atoms. The van der Waals surface area contributed by atoms with E-state index in [2.05, 4.69) is 39.8 Å². The number of benzene rings is 2. The maximum Gasteiger partial charge on any atom is 0.335 e. The molecular weight excluding hydrogens is 458 g/mol. The summed E-state index contributed by atoms with van der Waals surface area (Å²) in [6.07, 6.45) is 8.65. The summed E-state index contributed by atoms with van der Waals surface area (Å²) in [5.41, 5.74) is 3.24. The van der Waals surface area contributed by atoms with Gasteiger partial charge in [-0.15, -0.1) is 0 Å². The van der Waals surface area contributed by atoms with Gasteiger partial charge < -0.3 is 5.11 Å². The number of unbranched alkanes of at least 4 members (excludes halogenated alkanes) is 1. The van der Waals surface area contributed by atoms with Gasteiger partial charge in [-0.2, -0.15) is 0 Å². The van der Waals surface area contributed by atoms with Gasteiger partial charge in [0.2, 0.25) is 5.91 Å². The number of nitrogens with zero attached hydrogens (tertiary/aromatic N) is 1. The molecule has 5 heteroatoms. The van der Waals surface area contributed by atoms with Gasteiger partial charge in [0.05, 0.1) is 16.7 Å². The summed E-state index contributed by atoms with van der Waals surface area (Å²) >= 11 is 6.37. The minimum atomic E-state index is -1.05. The third-order valence-electron chi connectivity index (χ3n) is 6.53. The molecule has 0 saturated carbocycles. The number of rotatable bonds is 7. The molecule has 1 heterocycles. The molecule has 0 radical (unpaired) electrons. The largest absolute Gasteiger partial charge is 0.478 e. The first-order chi connectivity index (χ1) is 16.4. The number of amides is 1. The lowest BCUT2D eigenvalue weighted by molar-refractivity contribution is -0.132. The third kappa shape index (κ3) is 5.28. The lowest BCUT2D eigenvalue weighted by atomic mass is 9.76. The molecule has 3 rings (SSSR count). The van der Waals surface area contributed by atoms with Crippen LogP contribution in [0.15, 0.2) is 78.0 Å². The van der Waals surface area contributed by atoms with Crippen molar-refractivity contribution >= 4 is 29.2 Å². The Hall–Kier alpha value is -3.11. The van der Waals surface area contributed by atoms with Crippen molar-refractivity contribution in [2.75, 3.05) is 4.90 Å². The van der Waals surface area contributed by atoms with Gasteiger partial charge in [-0.3, -0.25) is 9.69 Å². The van der Waals surface area contributed by atoms with E-state index in [1.165, 1.54) is 5.56 Å². The SMILES string of the molecule is CCC/C=C/C=C(\C=C(/C)N1C(=O)C(C)(c2ccc(C(C)(C)C)cc2)c2cc(Cl)ccc21)C(=O)O. The normalized spacial score (nSPS) is 18.9. The fourth-order valence-corrected chi connectivity index (χ4v) is 4.56. The molecule has 35 heavy (non-hydrogen) atoms. The Kier molecular flexibility index (Phi) is 7.76. The van der Waals surface area contributed by atoms with Gasteiger partial charge in [0.1, 0.15) is 0 Å². The van der Waals surface area contributed by atoms with E-state index < -0.39 is 11.4 Å². The fourth-order valence-electron chi connectivity index (χ4n) is 4.39. The standard InChI is InChI=1S/C30H34ClNO3/c1-7-8-9-10-11-21(27(33)34)18-20(2)32-26-17-16-24(31)19-25(26)30(6,28(32)35)23-14-12-22(13-15-23)29(3,4)5/h9-19H,7-8H2,1-6H3,(H,33,34)/b10-9+,20-18+,21-11+. The summed E-state index contributed by atoms with van der Waals surface area (Å²) in [7, 11) is 0. The highest BCUT2D eigenvalue weighted by Gasteiger charge is 2.49. The van der Waals surface area contributed by atoms with Gasteiger partial charge >= 0.3 is 5.97 Å². The molecule has 2 aromatic carbocycles. The molecule has 1 atom stereocenters. The van der Waals surface area contributed by atoms with E-state index in [1.807, 2.05) is 37.3 Å². The van der Waals surface area contributed by atoms with Crippen LogP contribution >= 0.6 is 11.6 Å². The number of halogens is 1. The zero-order chi connectivity index (χ0) is 26.0. The topological polar surface area (TPSA) is 57.6 Å². The summed E-state index contributed by atoms with van der Waals surface area (Å²) in [6.45, 7) is 12.2. The molecule has 1 aliphatic rings. The summed E-state index contributed by atoms with van der Waals surface area (Å²) in [6, 6.07) is 13.6. The molecular formula is C30H34ClNO3. The summed E-state index contributed by atoms with van der Waals surface area (Å²) < 4.78 is 0.